The number of hydrogen-bond acceptors (Lipinski definition) is 4. The summed E-state index contributed by atoms with van der Waals surface area (Å²) in [4.78, 5) is 6.81. The van der Waals surface area contributed by atoms with Crippen molar-refractivity contribution >= 4 is 10.9 Å². The second-order valence-electron chi connectivity index (χ2n) is 6.90. The molecule has 1 fully saturated rings. The van der Waals surface area contributed by atoms with E-state index in [1.165, 1.54) is 10.9 Å². The van der Waals surface area contributed by atoms with Gasteiger partial charge < -0.3 is 10.0 Å². The van der Waals surface area contributed by atoms with E-state index in [1.807, 2.05) is 41.5 Å². The maximum atomic E-state index is 10.5. The molecule has 0 unspecified atom stereocenters. The molecule has 1 saturated heterocycles. The van der Waals surface area contributed by atoms with E-state index in [1.54, 1.807) is 0 Å². The van der Waals surface area contributed by atoms with Gasteiger partial charge in [-0.2, -0.15) is 5.10 Å². The molecule has 5 nitrogen and oxygen atoms in total. The Hall–Kier alpha value is -2.24. The van der Waals surface area contributed by atoms with Crippen LogP contribution in [0.3, 0.4) is 0 Å². The highest BCUT2D eigenvalue weighted by atomic mass is 16.3. The van der Waals surface area contributed by atoms with Gasteiger partial charge in [0.25, 0.3) is 0 Å². The number of hydrogen-bond donors (Lipinski definition) is 1. The summed E-state index contributed by atoms with van der Waals surface area (Å²) in [6.07, 6.45) is 7.39. The van der Waals surface area contributed by atoms with Gasteiger partial charge in [-0.3, -0.25) is 9.67 Å². The number of para-hydroxylation sites is 1. The van der Waals surface area contributed by atoms with Gasteiger partial charge in [0.1, 0.15) is 0 Å². The number of fused-ring (bicyclic) bond motifs is 1. The third-order valence-electron chi connectivity index (χ3n) is 5.12. The third kappa shape index (κ3) is 3.72. The first-order valence-electron chi connectivity index (χ1n) is 9.00. The molecule has 25 heavy (non-hydrogen) atoms. The molecule has 2 aromatic heterocycles. The van der Waals surface area contributed by atoms with Gasteiger partial charge in [-0.15, -0.1) is 0 Å². The van der Waals surface area contributed by atoms with Crippen molar-refractivity contribution in [2.45, 2.75) is 25.5 Å². The summed E-state index contributed by atoms with van der Waals surface area (Å²) >= 11 is 0. The Bertz CT molecular complexity index is 812. The number of rotatable bonds is 6. The number of aliphatic hydroxyl groups is 1. The smallest absolute Gasteiger partial charge is 0.0710 e. The van der Waals surface area contributed by atoms with Crippen molar-refractivity contribution in [1.29, 1.82) is 0 Å². The van der Waals surface area contributed by atoms with Crippen LogP contribution in [0, 0.1) is 5.92 Å². The molecule has 1 aliphatic heterocycles. The Kier molecular flexibility index (Phi) is 4.76. The molecule has 4 rings (SSSR count). The van der Waals surface area contributed by atoms with Crippen LogP contribution >= 0.6 is 0 Å². The van der Waals surface area contributed by atoms with Crippen molar-refractivity contribution in [1.82, 2.24) is 19.7 Å². The van der Waals surface area contributed by atoms with Crippen LogP contribution < -0.4 is 0 Å². The van der Waals surface area contributed by atoms with Crippen LogP contribution in [0.5, 0.6) is 0 Å². The molecule has 2 atom stereocenters. The summed E-state index contributed by atoms with van der Waals surface area (Å²) in [5.41, 5.74) is 2.32. The van der Waals surface area contributed by atoms with Crippen LogP contribution in [0.15, 0.2) is 55.0 Å². The number of benzene rings is 1. The van der Waals surface area contributed by atoms with Crippen molar-refractivity contribution in [2.24, 2.45) is 5.92 Å². The Morgan fingerprint density at radius 3 is 2.84 bits per heavy atom. The Balaban J connectivity index is 1.36. The van der Waals surface area contributed by atoms with Crippen LogP contribution in [0.25, 0.3) is 10.9 Å². The molecule has 0 radical (unpaired) electrons. The number of aliphatic hydroxyl groups excluding tert-OH is 1. The molecule has 3 aromatic rings. The Morgan fingerprint density at radius 2 is 1.96 bits per heavy atom. The highest BCUT2D eigenvalue weighted by Crippen LogP contribution is 2.25. The highest BCUT2D eigenvalue weighted by molar-refractivity contribution is 5.81. The quantitative estimate of drug-likeness (QED) is 0.751. The zero-order valence-electron chi connectivity index (χ0n) is 14.3. The number of aromatic nitrogens is 3. The number of likely N-dealkylation sites (tertiary alicyclic amines) is 1. The first-order chi connectivity index (χ1) is 12.3. The van der Waals surface area contributed by atoms with E-state index in [9.17, 15) is 5.11 Å². The molecule has 130 valence electrons. The van der Waals surface area contributed by atoms with E-state index in [4.69, 9.17) is 0 Å². The Labute approximate surface area is 147 Å². The standard InChI is InChI=1S/C20H24N4O/c25-20-15-23(10-4-12-24-11-3-8-22-24)14-17(20)13-16-7-9-21-19-6-2-1-5-18(16)19/h1-3,5-9,11,17,20,25H,4,10,12-15H2/t17-,20-/m1/s1. The van der Waals surface area contributed by atoms with E-state index in [0.717, 1.165) is 44.5 Å². The number of β-amino-alcohol motifs (C(OH)–C–C–N with tert-alkyl or cyclic N) is 1. The SMILES string of the molecule is O[C@@H]1CN(CCCn2cccn2)C[C@H]1Cc1ccnc2ccccc12. The van der Waals surface area contributed by atoms with E-state index in [2.05, 4.69) is 33.2 Å². The predicted octanol–water partition coefficient (Wildman–Crippen LogP) is 2.36. The van der Waals surface area contributed by atoms with Crippen LogP contribution in [-0.2, 0) is 13.0 Å². The van der Waals surface area contributed by atoms with Crippen LogP contribution in [-0.4, -0.2) is 50.5 Å². The molecule has 3 heterocycles. The summed E-state index contributed by atoms with van der Waals surface area (Å²) in [5.74, 6) is 0.288. The zero-order chi connectivity index (χ0) is 17.1. The predicted molar refractivity (Wildman–Crippen MR) is 98.2 cm³/mol. The molecule has 1 N–H and O–H groups in total. The minimum absolute atomic E-state index is 0.253. The largest absolute Gasteiger partial charge is 0.391 e. The van der Waals surface area contributed by atoms with E-state index >= 15 is 0 Å². The minimum Gasteiger partial charge on any atom is -0.391 e. The van der Waals surface area contributed by atoms with Crippen molar-refractivity contribution in [3.8, 4) is 0 Å². The maximum Gasteiger partial charge on any atom is 0.0710 e. The van der Waals surface area contributed by atoms with E-state index in [-0.39, 0.29) is 12.0 Å². The Morgan fingerprint density at radius 1 is 1.04 bits per heavy atom. The van der Waals surface area contributed by atoms with Crippen molar-refractivity contribution < 1.29 is 5.11 Å². The van der Waals surface area contributed by atoms with Gasteiger partial charge in [0.15, 0.2) is 0 Å². The monoisotopic (exact) mass is 336 g/mol. The zero-order valence-corrected chi connectivity index (χ0v) is 14.3. The molecule has 0 bridgehead atoms. The lowest BCUT2D eigenvalue weighted by molar-refractivity contribution is 0.141. The molecule has 1 aliphatic rings. The maximum absolute atomic E-state index is 10.5. The first kappa shape index (κ1) is 16.2. The molecule has 0 saturated carbocycles. The van der Waals surface area contributed by atoms with Crippen LogP contribution in [0.2, 0.25) is 0 Å². The molecular weight excluding hydrogens is 312 g/mol. The fourth-order valence-corrected chi connectivity index (χ4v) is 3.83. The molecule has 0 aliphatic carbocycles. The lowest BCUT2D eigenvalue weighted by atomic mass is 9.94. The van der Waals surface area contributed by atoms with Gasteiger partial charge in [0.05, 0.1) is 11.6 Å². The number of aryl methyl sites for hydroxylation is 1. The average Bonchev–Trinajstić information content (AvgIpc) is 3.26. The lowest BCUT2D eigenvalue weighted by Gasteiger charge is -2.16. The molecule has 0 amide bonds. The molecule has 0 spiro atoms. The van der Waals surface area contributed by atoms with E-state index < -0.39 is 0 Å². The minimum atomic E-state index is -0.253. The van der Waals surface area contributed by atoms with Gasteiger partial charge >= 0.3 is 0 Å². The number of pyridine rings is 1. The summed E-state index contributed by atoms with van der Waals surface area (Å²) < 4.78 is 1.97. The average molecular weight is 336 g/mol. The van der Waals surface area contributed by atoms with Crippen molar-refractivity contribution in [2.75, 3.05) is 19.6 Å². The summed E-state index contributed by atoms with van der Waals surface area (Å²) in [7, 11) is 0. The second-order valence-corrected chi connectivity index (χ2v) is 6.90. The topological polar surface area (TPSA) is 54.2 Å². The molecule has 5 heteroatoms. The van der Waals surface area contributed by atoms with Gasteiger partial charge in [0, 0.05) is 56.1 Å². The van der Waals surface area contributed by atoms with Gasteiger partial charge in [0.2, 0.25) is 0 Å². The second kappa shape index (κ2) is 7.33. The normalized spacial score (nSPS) is 21.2. The van der Waals surface area contributed by atoms with Gasteiger partial charge in [-0.1, -0.05) is 18.2 Å². The third-order valence-corrected chi connectivity index (χ3v) is 5.12. The van der Waals surface area contributed by atoms with Crippen molar-refractivity contribution in [3.05, 3.63) is 60.6 Å². The first-order valence-corrected chi connectivity index (χ1v) is 9.00. The van der Waals surface area contributed by atoms with Gasteiger partial charge in [-0.25, -0.2) is 0 Å². The summed E-state index contributed by atoms with van der Waals surface area (Å²) in [6, 6.07) is 12.3. The van der Waals surface area contributed by atoms with Gasteiger partial charge in [-0.05, 0) is 36.6 Å². The molecule has 1 aromatic carbocycles. The van der Waals surface area contributed by atoms with Crippen LogP contribution in [0.1, 0.15) is 12.0 Å². The number of nitrogens with zero attached hydrogens (tertiary/aromatic N) is 4. The van der Waals surface area contributed by atoms with Crippen molar-refractivity contribution in [3.63, 3.8) is 0 Å². The highest BCUT2D eigenvalue weighted by Gasteiger charge is 2.31. The summed E-state index contributed by atoms with van der Waals surface area (Å²) in [6.45, 7) is 3.66. The fourth-order valence-electron chi connectivity index (χ4n) is 3.83. The van der Waals surface area contributed by atoms with E-state index in [0.29, 0.717) is 0 Å². The van der Waals surface area contributed by atoms with Crippen LogP contribution in [0.4, 0.5) is 0 Å². The lowest BCUT2D eigenvalue weighted by Crippen LogP contribution is -2.24. The summed E-state index contributed by atoms with van der Waals surface area (Å²) in [5, 5.41) is 15.9. The molecular formula is C20H24N4O. The fraction of sp³-hybridized carbons (Fsp3) is 0.400.